The SMILES string of the molecule is OC1CCC(Oc2ccc3ncc(-c4cncnc4)n3n2)CC1. The Morgan fingerprint density at radius 3 is 2.61 bits per heavy atom. The van der Waals surface area contributed by atoms with Gasteiger partial charge >= 0.3 is 0 Å². The lowest BCUT2D eigenvalue weighted by Crippen LogP contribution is -2.26. The Morgan fingerprint density at radius 2 is 1.83 bits per heavy atom. The summed E-state index contributed by atoms with van der Waals surface area (Å²) in [4.78, 5) is 12.4. The minimum absolute atomic E-state index is 0.107. The van der Waals surface area contributed by atoms with E-state index in [4.69, 9.17) is 4.74 Å². The Bertz CT molecular complexity index is 797. The number of rotatable bonds is 3. The van der Waals surface area contributed by atoms with Gasteiger partial charge in [-0.05, 0) is 31.7 Å². The molecule has 0 saturated heterocycles. The van der Waals surface area contributed by atoms with E-state index < -0.39 is 0 Å². The van der Waals surface area contributed by atoms with E-state index in [1.165, 1.54) is 6.33 Å². The largest absolute Gasteiger partial charge is 0.473 e. The van der Waals surface area contributed by atoms with E-state index in [0.29, 0.717) is 5.88 Å². The number of hydrogen-bond donors (Lipinski definition) is 1. The van der Waals surface area contributed by atoms with Crippen molar-refractivity contribution in [2.24, 2.45) is 0 Å². The van der Waals surface area contributed by atoms with Gasteiger partial charge in [-0.1, -0.05) is 0 Å². The molecule has 3 aromatic rings. The number of fused-ring (bicyclic) bond motifs is 1. The molecular formula is C16H17N5O2. The number of aliphatic hydroxyl groups excluding tert-OH is 1. The van der Waals surface area contributed by atoms with Crippen molar-refractivity contribution in [1.29, 1.82) is 0 Å². The topological polar surface area (TPSA) is 85.4 Å². The standard InChI is InChI=1S/C16H17N5O2/c22-12-1-3-13(4-2-12)23-16-6-5-15-19-9-14(21(15)20-16)11-7-17-10-18-8-11/h5-10,12-13,22H,1-4H2. The van der Waals surface area contributed by atoms with Crippen LogP contribution >= 0.6 is 0 Å². The van der Waals surface area contributed by atoms with Crippen molar-refractivity contribution in [3.8, 4) is 17.1 Å². The van der Waals surface area contributed by atoms with Crippen LogP contribution in [0.4, 0.5) is 0 Å². The quantitative estimate of drug-likeness (QED) is 0.795. The predicted octanol–water partition coefficient (Wildman–Crippen LogP) is 1.87. The molecule has 0 spiro atoms. The molecule has 3 heterocycles. The second kappa shape index (κ2) is 5.92. The van der Waals surface area contributed by atoms with Crippen molar-refractivity contribution < 1.29 is 9.84 Å². The van der Waals surface area contributed by atoms with Crippen molar-refractivity contribution >= 4 is 5.65 Å². The van der Waals surface area contributed by atoms with Gasteiger partial charge in [-0.3, -0.25) is 0 Å². The molecule has 4 rings (SSSR count). The Kier molecular flexibility index (Phi) is 3.63. The number of aromatic nitrogens is 5. The molecule has 1 N–H and O–H groups in total. The zero-order valence-corrected chi connectivity index (χ0v) is 12.5. The molecule has 0 radical (unpaired) electrons. The number of aliphatic hydroxyl groups is 1. The smallest absolute Gasteiger partial charge is 0.232 e. The van der Waals surface area contributed by atoms with Gasteiger partial charge < -0.3 is 9.84 Å². The van der Waals surface area contributed by atoms with Crippen LogP contribution in [0.3, 0.4) is 0 Å². The minimum atomic E-state index is -0.191. The Morgan fingerprint density at radius 1 is 1.04 bits per heavy atom. The molecule has 3 aromatic heterocycles. The highest BCUT2D eigenvalue weighted by atomic mass is 16.5. The normalized spacial score (nSPS) is 21.4. The molecule has 7 nitrogen and oxygen atoms in total. The molecule has 0 aliphatic heterocycles. The molecule has 1 fully saturated rings. The van der Waals surface area contributed by atoms with E-state index in [0.717, 1.165) is 42.6 Å². The van der Waals surface area contributed by atoms with Gasteiger partial charge in [0.2, 0.25) is 5.88 Å². The van der Waals surface area contributed by atoms with Crippen molar-refractivity contribution in [2.75, 3.05) is 0 Å². The third kappa shape index (κ3) is 2.87. The lowest BCUT2D eigenvalue weighted by Gasteiger charge is -2.25. The van der Waals surface area contributed by atoms with Crippen molar-refractivity contribution in [3.05, 3.63) is 37.1 Å². The van der Waals surface area contributed by atoms with Crippen molar-refractivity contribution in [3.63, 3.8) is 0 Å². The summed E-state index contributed by atoms with van der Waals surface area (Å²) in [5.74, 6) is 0.565. The molecular weight excluding hydrogens is 294 g/mol. The van der Waals surface area contributed by atoms with Crippen LogP contribution in [-0.2, 0) is 0 Å². The fourth-order valence-corrected chi connectivity index (χ4v) is 2.88. The number of hydrogen-bond acceptors (Lipinski definition) is 6. The first-order chi connectivity index (χ1) is 11.3. The molecule has 118 valence electrons. The molecule has 0 atom stereocenters. The zero-order chi connectivity index (χ0) is 15.6. The van der Waals surface area contributed by atoms with Gasteiger partial charge in [-0.2, -0.15) is 0 Å². The first-order valence-corrected chi connectivity index (χ1v) is 7.74. The Hall–Kier alpha value is -2.54. The first-order valence-electron chi connectivity index (χ1n) is 7.74. The van der Waals surface area contributed by atoms with Crippen molar-refractivity contribution in [1.82, 2.24) is 24.6 Å². The molecule has 0 bridgehead atoms. The van der Waals surface area contributed by atoms with Gasteiger partial charge in [0, 0.05) is 24.0 Å². The molecule has 23 heavy (non-hydrogen) atoms. The zero-order valence-electron chi connectivity index (χ0n) is 12.5. The van der Waals surface area contributed by atoms with Gasteiger partial charge in [0.15, 0.2) is 5.65 Å². The fourth-order valence-electron chi connectivity index (χ4n) is 2.88. The number of nitrogens with zero attached hydrogens (tertiary/aromatic N) is 5. The van der Waals surface area contributed by atoms with E-state index >= 15 is 0 Å². The van der Waals surface area contributed by atoms with E-state index in [2.05, 4.69) is 20.1 Å². The van der Waals surface area contributed by atoms with Crippen LogP contribution in [-0.4, -0.2) is 41.9 Å². The van der Waals surface area contributed by atoms with Crippen LogP contribution in [0.5, 0.6) is 5.88 Å². The van der Waals surface area contributed by atoms with E-state index in [9.17, 15) is 5.11 Å². The second-order valence-electron chi connectivity index (χ2n) is 5.76. The Labute approximate surface area is 133 Å². The average molecular weight is 311 g/mol. The highest BCUT2D eigenvalue weighted by Gasteiger charge is 2.21. The van der Waals surface area contributed by atoms with E-state index in [1.807, 2.05) is 12.1 Å². The summed E-state index contributed by atoms with van der Waals surface area (Å²) < 4.78 is 7.71. The highest BCUT2D eigenvalue weighted by Crippen LogP contribution is 2.24. The molecule has 0 amide bonds. The molecule has 7 heteroatoms. The van der Waals surface area contributed by atoms with Crippen LogP contribution < -0.4 is 4.74 Å². The van der Waals surface area contributed by atoms with Crippen LogP contribution in [0.1, 0.15) is 25.7 Å². The van der Waals surface area contributed by atoms with Crippen molar-refractivity contribution in [2.45, 2.75) is 37.9 Å². The molecule has 1 aliphatic carbocycles. The lowest BCUT2D eigenvalue weighted by molar-refractivity contribution is 0.0637. The number of ether oxygens (including phenoxy) is 1. The third-order valence-corrected chi connectivity index (χ3v) is 4.13. The summed E-state index contributed by atoms with van der Waals surface area (Å²) >= 11 is 0. The molecule has 0 unspecified atom stereocenters. The summed E-state index contributed by atoms with van der Waals surface area (Å²) in [5.41, 5.74) is 2.42. The van der Waals surface area contributed by atoms with Crippen LogP contribution in [0.15, 0.2) is 37.1 Å². The van der Waals surface area contributed by atoms with Crippen LogP contribution in [0, 0.1) is 0 Å². The van der Waals surface area contributed by atoms with Crippen LogP contribution in [0.2, 0.25) is 0 Å². The molecule has 1 aliphatic rings. The first kappa shape index (κ1) is 14.1. The summed E-state index contributed by atoms with van der Waals surface area (Å²) in [7, 11) is 0. The lowest BCUT2D eigenvalue weighted by atomic mass is 9.95. The fraction of sp³-hybridized carbons (Fsp3) is 0.375. The third-order valence-electron chi connectivity index (χ3n) is 4.13. The summed E-state index contributed by atoms with van der Waals surface area (Å²) in [6.07, 6.45) is 9.89. The maximum absolute atomic E-state index is 9.57. The maximum Gasteiger partial charge on any atom is 0.232 e. The van der Waals surface area contributed by atoms with E-state index in [-0.39, 0.29) is 12.2 Å². The maximum atomic E-state index is 9.57. The highest BCUT2D eigenvalue weighted by molar-refractivity contribution is 5.61. The summed E-state index contributed by atoms with van der Waals surface area (Å²) in [6.45, 7) is 0. The predicted molar refractivity (Wildman–Crippen MR) is 82.9 cm³/mol. The van der Waals surface area contributed by atoms with Crippen LogP contribution in [0.25, 0.3) is 16.9 Å². The molecule has 0 aromatic carbocycles. The monoisotopic (exact) mass is 311 g/mol. The van der Waals surface area contributed by atoms with Gasteiger partial charge in [-0.25, -0.2) is 19.5 Å². The van der Waals surface area contributed by atoms with Gasteiger partial charge in [0.25, 0.3) is 0 Å². The minimum Gasteiger partial charge on any atom is -0.473 e. The Balaban J connectivity index is 1.62. The van der Waals surface area contributed by atoms with Gasteiger partial charge in [-0.15, -0.1) is 5.10 Å². The second-order valence-corrected chi connectivity index (χ2v) is 5.76. The average Bonchev–Trinajstić information content (AvgIpc) is 3.01. The summed E-state index contributed by atoms with van der Waals surface area (Å²) in [6, 6.07) is 3.71. The van der Waals surface area contributed by atoms with E-state index in [1.54, 1.807) is 23.1 Å². The molecule has 1 saturated carbocycles. The number of imidazole rings is 1. The van der Waals surface area contributed by atoms with Gasteiger partial charge in [0.1, 0.15) is 12.4 Å². The van der Waals surface area contributed by atoms with Gasteiger partial charge in [0.05, 0.1) is 18.0 Å². The summed E-state index contributed by atoms with van der Waals surface area (Å²) in [5, 5.41) is 14.1.